The molecule has 0 radical (unpaired) electrons. The molecule has 0 aliphatic heterocycles. The van der Waals surface area contributed by atoms with E-state index in [0.29, 0.717) is 27.9 Å². The lowest BCUT2D eigenvalue weighted by molar-refractivity contribution is 0.547. The van der Waals surface area contributed by atoms with Crippen molar-refractivity contribution >= 4 is 26.6 Å². The summed E-state index contributed by atoms with van der Waals surface area (Å²) in [5, 5.41) is 4.04. The minimum absolute atomic E-state index is 0.0617. The minimum atomic E-state index is -3.68. The molecule has 0 aliphatic rings. The van der Waals surface area contributed by atoms with Gasteiger partial charge in [0, 0.05) is 25.0 Å². The Bertz CT molecular complexity index is 1430. The Hall–Kier alpha value is -3.53. The molecule has 0 bridgehead atoms. The number of aryl methyl sites for hydroxylation is 2. The fourth-order valence-corrected chi connectivity index (χ4v) is 4.07. The summed E-state index contributed by atoms with van der Waals surface area (Å²) in [6.07, 6.45) is 4.28. The van der Waals surface area contributed by atoms with Gasteiger partial charge in [0.1, 0.15) is 0 Å². The third-order valence-electron chi connectivity index (χ3n) is 4.84. The third-order valence-corrected chi connectivity index (χ3v) is 5.43. The first kappa shape index (κ1) is 20.7. The van der Waals surface area contributed by atoms with Gasteiger partial charge in [-0.2, -0.15) is 4.39 Å². The Balaban J connectivity index is 1.97. The van der Waals surface area contributed by atoms with E-state index in [1.165, 1.54) is 9.25 Å². The molecule has 4 rings (SSSR count). The van der Waals surface area contributed by atoms with Gasteiger partial charge in [0.05, 0.1) is 35.1 Å². The summed E-state index contributed by atoms with van der Waals surface area (Å²) in [6, 6.07) is 10.4. The highest BCUT2D eigenvalue weighted by molar-refractivity contribution is 7.92. The maximum absolute atomic E-state index is 14.8. The van der Waals surface area contributed by atoms with Crippen LogP contribution in [0.3, 0.4) is 0 Å². The van der Waals surface area contributed by atoms with E-state index in [0.717, 1.165) is 6.26 Å². The first-order valence-corrected chi connectivity index (χ1v) is 11.3. The molecular weight excluding hydrogens is 421 g/mol. The SMILES string of the molecule is Cc1cc(-c2cc(NS(C)(=O)=O)c3c(F)nn(Cc4ccccn4)c3c2)cn(C)c1=O. The number of hydrogen-bond acceptors (Lipinski definition) is 5. The Morgan fingerprint density at radius 3 is 2.58 bits per heavy atom. The van der Waals surface area contributed by atoms with Gasteiger partial charge in [-0.25, -0.2) is 8.42 Å². The zero-order chi connectivity index (χ0) is 22.3. The Morgan fingerprint density at radius 1 is 1.16 bits per heavy atom. The van der Waals surface area contributed by atoms with E-state index in [9.17, 15) is 17.6 Å². The predicted octanol–water partition coefficient (Wildman–Crippen LogP) is 2.66. The molecule has 0 spiro atoms. The molecular formula is C21H20FN5O3S. The lowest BCUT2D eigenvalue weighted by atomic mass is 10.0. The zero-order valence-electron chi connectivity index (χ0n) is 17.1. The lowest BCUT2D eigenvalue weighted by Crippen LogP contribution is -2.18. The molecule has 3 aromatic heterocycles. The first-order chi connectivity index (χ1) is 14.6. The van der Waals surface area contributed by atoms with Crippen LogP contribution in [0.5, 0.6) is 0 Å². The number of anilines is 1. The van der Waals surface area contributed by atoms with E-state index in [2.05, 4.69) is 14.8 Å². The summed E-state index contributed by atoms with van der Waals surface area (Å²) in [4.78, 5) is 16.3. The van der Waals surface area contributed by atoms with Crippen LogP contribution in [0.25, 0.3) is 22.0 Å². The fraction of sp³-hybridized carbons (Fsp3) is 0.190. The van der Waals surface area contributed by atoms with Crippen molar-refractivity contribution in [1.29, 1.82) is 0 Å². The molecule has 1 aromatic carbocycles. The number of halogens is 1. The monoisotopic (exact) mass is 441 g/mol. The topological polar surface area (TPSA) is 98.9 Å². The Morgan fingerprint density at radius 2 is 1.94 bits per heavy atom. The number of aromatic nitrogens is 4. The molecule has 8 nitrogen and oxygen atoms in total. The normalized spacial score (nSPS) is 11.7. The standard InChI is InChI=1S/C21H20FN5O3S/c1-13-8-15(11-26(2)21(13)28)14-9-17(25-31(3,29)30)19-18(10-14)27(24-20(19)22)12-16-6-4-5-7-23-16/h4-11,25H,12H2,1-3H3. The highest BCUT2D eigenvalue weighted by Gasteiger charge is 2.19. The third kappa shape index (κ3) is 4.19. The molecule has 10 heteroatoms. The highest BCUT2D eigenvalue weighted by Crippen LogP contribution is 2.33. The van der Waals surface area contributed by atoms with Crippen molar-refractivity contribution in [2.45, 2.75) is 13.5 Å². The van der Waals surface area contributed by atoms with E-state index in [1.807, 2.05) is 6.07 Å². The summed E-state index contributed by atoms with van der Waals surface area (Å²) in [6.45, 7) is 1.90. The van der Waals surface area contributed by atoms with Gasteiger partial charge in [-0.1, -0.05) is 6.07 Å². The second-order valence-corrected chi connectivity index (χ2v) is 9.14. The van der Waals surface area contributed by atoms with Crippen LogP contribution in [0.15, 0.2) is 53.6 Å². The molecule has 3 heterocycles. The number of sulfonamides is 1. The average Bonchev–Trinajstić information content (AvgIpc) is 3.01. The van der Waals surface area contributed by atoms with Crippen LogP contribution in [0.4, 0.5) is 10.1 Å². The maximum Gasteiger partial charge on any atom is 0.253 e. The second-order valence-electron chi connectivity index (χ2n) is 7.39. The fourth-order valence-electron chi connectivity index (χ4n) is 3.51. The van der Waals surface area contributed by atoms with Crippen LogP contribution >= 0.6 is 0 Å². The molecule has 1 N–H and O–H groups in total. The molecule has 0 aliphatic carbocycles. The van der Waals surface area contributed by atoms with E-state index >= 15 is 0 Å². The lowest BCUT2D eigenvalue weighted by Gasteiger charge is -2.12. The van der Waals surface area contributed by atoms with Crippen LogP contribution in [-0.4, -0.2) is 34.0 Å². The number of hydrogen-bond donors (Lipinski definition) is 1. The Labute approximate surface area is 178 Å². The van der Waals surface area contributed by atoms with Gasteiger partial charge < -0.3 is 4.57 Å². The average molecular weight is 441 g/mol. The van der Waals surface area contributed by atoms with Crippen molar-refractivity contribution in [2.24, 2.45) is 7.05 Å². The predicted molar refractivity (Wildman–Crippen MR) is 117 cm³/mol. The molecule has 0 saturated carbocycles. The van der Waals surface area contributed by atoms with Gasteiger partial charge in [-0.3, -0.25) is 19.2 Å². The summed E-state index contributed by atoms with van der Waals surface area (Å²) < 4.78 is 44.0. The number of nitrogens with one attached hydrogen (secondary N) is 1. The van der Waals surface area contributed by atoms with Crippen molar-refractivity contribution in [3.8, 4) is 11.1 Å². The second kappa shape index (κ2) is 7.62. The van der Waals surface area contributed by atoms with Crippen molar-refractivity contribution < 1.29 is 12.8 Å². The molecule has 0 saturated heterocycles. The smallest absolute Gasteiger partial charge is 0.253 e. The number of fused-ring (bicyclic) bond motifs is 1. The summed E-state index contributed by atoms with van der Waals surface area (Å²) in [5.41, 5.74) is 2.84. The molecule has 31 heavy (non-hydrogen) atoms. The van der Waals surface area contributed by atoms with Gasteiger partial charge in [0.25, 0.3) is 5.56 Å². The largest absolute Gasteiger partial charge is 0.318 e. The van der Waals surface area contributed by atoms with Crippen molar-refractivity contribution in [1.82, 2.24) is 19.3 Å². The molecule has 4 aromatic rings. The number of benzene rings is 1. The van der Waals surface area contributed by atoms with Crippen LogP contribution in [0.1, 0.15) is 11.3 Å². The van der Waals surface area contributed by atoms with Gasteiger partial charge in [-0.05, 0) is 48.4 Å². The van der Waals surface area contributed by atoms with E-state index < -0.39 is 16.0 Å². The molecule has 0 atom stereocenters. The van der Waals surface area contributed by atoms with Gasteiger partial charge in [0.2, 0.25) is 16.0 Å². The van der Waals surface area contributed by atoms with Crippen molar-refractivity contribution in [2.75, 3.05) is 11.0 Å². The summed E-state index contributed by atoms with van der Waals surface area (Å²) in [7, 11) is -2.04. The number of pyridine rings is 2. The van der Waals surface area contributed by atoms with Gasteiger partial charge >= 0.3 is 0 Å². The van der Waals surface area contributed by atoms with E-state index in [4.69, 9.17) is 0 Å². The number of rotatable bonds is 5. The molecule has 0 fully saturated rings. The Kier molecular flexibility index (Phi) is 5.10. The summed E-state index contributed by atoms with van der Waals surface area (Å²) >= 11 is 0. The van der Waals surface area contributed by atoms with Crippen molar-refractivity contribution in [3.05, 3.63) is 76.4 Å². The van der Waals surface area contributed by atoms with Crippen LogP contribution in [0, 0.1) is 12.9 Å². The van der Waals surface area contributed by atoms with Gasteiger partial charge in [0.15, 0.2) is 0 Å². The zero-order valence-corrected chi connectivity index (χ0v) is 17.9. The van der Waals surface area contributed by atoms with Crippen LogP contribution in [0.2, 0.25) is 0 Å². The minimum Gasteiger partial charge on any atom is -0.318 e. The molecule has 160 valence electrons. The molecule has 0 amide bonds. The van der Waals surface area contributed by atoms with Crippen molar-refractivity contribution in [3.63, 3.8) is 0 Å². The summed E-state index contributed by atoms with van der Waals surface area (Å²) in [5.74, 6) is -0.791. The quantitative estimate of drug-likeness (QED) is 0.513. The number of nitrogens with zero attached hydrogens (tertiary/aromatic N) is 4. The molecule has 0 unspecified atom stereocenters. The van der Waals surface area contributed by atoms with E-state index in [-0.39, 0.29) is 23.2 Å². The first-order valence-electron chi connectivity index (χ1n) is 9.38. The van der Waals surface area contributed by atoms with Crippen LogP contribution in [-0.2, 0) is 23.6 Å². The van der Waals surface area contributed by atoms with Crippen LogP contribution < -0.4 is 10.3 Å². The van der Waals surface area contributed by atoms with E-state index in [1.54, 1.807) is 56.7 Å². The maximum atomic E-state index is 14.8. The van der Waals surface area contributed by atoms with Gasteiger partial charge in [-0.15, -0.1) is 5.10 Å². The highest BCUT2D eigenvalue weighted by atomic mass is 32.2.